The van der Waals surface area contributed by atoms with Gasteiger partial charge in [0.05, 0.1) is 5.56 Å². The Kier molecular flexibility index (Phi) is 5.12. The quantitative estimate of drug-likeness (QED) is 0.663. The smallest absolute Gasteiger partial charge is 0.258 e. The highest BCUT2D eigenvalue weighted by molar-refractivity contribution is 6.18. The summed E-state index contributed by atoms with van der Waals surface area (Å²) in [4.78, 5) is 14.3. The molecule has 4 nitrogen and oxygen atoms in total. The van der Waals surface area contributed by atoms with Gasteiger partial charge in [-0.15, -0.1) is 11.6 Å². The third kappa shape index (κ3) is 3.37. The largest absolute Gasteiger partial charge is 0.508 e. The van der Waals surface area contributed by atoms with Gasteiger partial charge in [0.2, 0.25) is 0 Å². The molecule has 5 heteroatoms. The van der Waals surface area contributed by atoms with E-state index in [1.807, 2.05) is 0 Å². The van der Waals surface area contributed by atoms with Crippen LogP contribution in [0.15, 0.2) is 18.2 Å². The molecule has 2 N–H and O–H groups in total. The van der Waals surface area contributed by atoms with Crippen molar-refractivity contribution in [2.45, 2.75) is 38.1 Å². The summed E-state index contributed by atoms with van der Waals surface area (Å²) in [6.45, 7) is 0.458. The number of rotatable bonds is 4. The van der Waals surface area contributed by atoms with Gasteiger partial charge >= 0.3 is 0 Å². The topological polar surface area (TPSA) is 60.8 Å². The lowest BCUT2D eigenvalue weighted by Gasteiger charge is -2.34. The van der Waals surface area contributed by atoms with Crippen LogP contribution in [0, 0.1) is 0 Å². The lowest BCUT2D eigenvalue weighted by Crippen LogP contribution is -2.42. The summed E-state index contributed by atoms with van der Waals surface area (Å²) in [5.74, 6) is -0.0308. The maximum absolute atomic E-state index is 12.6. The highest BCUT2D eigenvalue weighted by atomic mass is 35.5. The molecule has 0 aromatic heterocycles. The molecule has 110 valence electrons. The van der Waals surface area contributed by atoms with Crippen LogP contribution in [0.4, 0.5) is 0 Å². The first-order chi connectivity index (χ1) is 9.63. The van der Waals surface area contributed by atoms with Gasteiger partial charge in [0.1, 0.15) is 11.5 Å². The summed E-state index contributed by atoms with van der Waals surface area (Å²) in [5.41, 5.74) is 0.140. The fourth-order valence-electron chi connectivity index (χ4n) is 2.78. The van der Waals surface area contributed by atoms with Crippen LogP contribution in [0.3, 0.4) is 0 Å². The Morgan fingerprint density at radius 3 is 2.60 bits per heavy atom. The van der Waals surface area contributed by atoms with E-state index in [4.69, 9.17) is 11.6 Å². The molecule has 0 spiro atoms. The van der Waals surface area contributed by atoms with E-state index < -0.39 is 0 Å². The molecule has 0 radical (unpaired) electrons. The van der Waals surface area contributed by atoms with Gasteiger partial charge in [-0.25, -0.2) is 0 Å². The molecule has 0 heterocycles. The molecule has 1 aromatic rings. The number of phenolic OH excluding ortho intramolecular Hbond substituents is 2. The number of hydrogen-bond donors (Lipinski definition) is 2. The number of benzene rings is 1. The van der Waals surface area contributed by atoms with Crippen LogP contribution < -0.4 is 0 Å². The molecule has 1 fully saturated rings. The molecule has 1 saturated carbocycles. The van der Waals surface area contributed by atoms with Crippen LogP contribution in [0.25, 0.3) is 0 Å². The van der Waals surface area contributed by atoms with Crippen LogP contribution >= 0.6 is 11.6 Å². The Hall–Kier alpha value is -1.42. The number of phenols is 2. The molecule has 20 heavy (non-hydrogen) atoms. The van der Waals surface area contributed by atoms with Crippen LogP contribution in [0.1, 0.15) is 42.5 Å². The molecule has 0 bridgehead atoms. The van der Waals surface area contributed by atoms with Crippen molar-refractivity contribution in [2.75, 3.05) is 12.4 Å². The van der Waals surface area contributed by atoms with Crippen LogP contribution in [-0.4, -0.2) is 39.5 Å². The summed E-state index contributed by atoms with van der Waals surface area (Å²) >= 11 is 5.81. The summed E-state index contributed by atoms with van der Waals surface area (Å²) in [6, 6.07) is 4.18. The molecular weight excluding hydrogens is 278 g/mol. The number of aromatic hydroxyl groups is 2. The molecule has 0 atom stereocenters. The van der Waals surface area contributed by atoms with E-state index in [9.17, 15) is 15.0 Å². The van der Waals surface area contributed by atoms with Gasteiger partial charge in [-0.1, -0.05) is 19.3 Å². The summed E-state index contributed by atoms with van der Waals surface area (Å²) in [6.07, 6.45) is 5.38. The van der Waals surface area contributed by atoms with Crippen molar-refractivity contribution in [1.29, 1.82) is 0 Å². The SMILES string of the molecule is O=C(c1cc(O)ccc1O)N(CCCl)C1CCCCC1. The second-order valence-corrected chi connectivity index (χ2v) is 5.56. The van der Waals surface area contributed by atoms with Crippen molar-refractivity contribution in [3.8, 4) is 11.5 Å². The van der Waals surface area contributed by atoms with Gasteiger partial charge in [-0.3, -0.25) is 4.79 Å². The minimum Gasteiger partial charge on any atom is -0.508 e. The number of amides is 1. The van der Waals surface area contributed by atoms with Gasteiger partial charge < -0.3 is 15.1 Å². The summed E-state index contributed by atoms with van der Waals surface area (Å²) in [7, 11) is 0. The van der Waals surface area contributed by atoms with Crippen molar-refractivity contribution in [1.82, 2.24) is 4.90 Å². The third-order valence-electron chi connectivity index (χ3n) is 3.81. The zero-order valence-corrected chi connectivity index (χ0v) is 12.1. The zero-order valence-electron chi connectivity index (χ0n) is 11.4. The van der Waals surface area contributed by atoms with Gasteiger partial charge in [0.15, 0.2) is 0 Å². The second kappa shape index (κ2) is 6.84. The molecule has 1 aliphatic carbocycles. The first kappa shape index (κ1) is 15.0. The van der Waals surface area contributed by atoms with Gasteiger partial charge in [0, 0.05) is 18.5 Å². The minimum atomic E-state index is -0.258. The average Bonchev–Trinajstić information content (AvgIpc) is 2.47. The van der Waals surface area contributed by atoms with E-state index in [0.717, 1.165) is 25.7 Å². The Labute approximate surface area is 124 Å². The first-order valence-electron chi connectivity index (χ1n) is 7.02. The lowest BCUT2D eigenvalue weighted by atomic mass is 9.93. The van der Waals surface area contributed by atoms with Crippen molar-refractivity contribution < 1.29 is 15.0 Å². The summed E-state index contributed by atoms with van der Waals surface area (Å²) < 4.78 is 0. The molecule has 1 amide bonds. The van der Waals surface area contributed by atoms with Crippen LogP contribution in [-0.2, 0) is 0 Å². The minimum absolute atomic E-state index is 0.0272. The van der Waals surface area contributed by atoms with Crippen molar-refractivity contribution in [2.24, 2.45) is 0 Å². The van der Waals surface area contributed by atoms with E-state index in [1.54, 1.807) is 4.90 Å². The first-order valence-corrected chi connectivity index (χ1v) is 7.56. The van der Waals surface area contributed by atoms with Crippen molar-refractivity contribution >= 4 is 17.5 Å². The molecule has 1 aromatic carbocycles. The highest BCUT2D eigenvalue weighted by Gasteiger charge is 2.27. The van der Waals surface area contributed by atoms with Crippen molar-refractivity contribution in [3.05, 3.63) is 23.8 Å². The number of carbonyl (C=O) groups excluding carboxylic acids is 1. The maximum atomic E-state index is 12.6. The lowest BCUT2D eigenvalue weighted by molar-refractivity contribution is 0.0646. The Bertz CT molecular complexity index is 472. The molecule has 2 rings (SSSR count). The fourth-order valence-corrected chi connectivity index (χ4v) is 2.97. The highest BCUT2D eigenvalue weighted by Crippen LogP contribution is 2.28. The van der Waals surface area contributed by atoms with Gasteiger partial charge in [0.25, 0.3) is 5.91 Å². The zero-order chi connectivity index (χ0) is 14.5. The Morgan fingerprint density at radius 2 is 1.95 bits per heavy atom. The number of hydrogen-bond acceptors (Lipinski definition) is 3. The number of halogens is 1. The predicted molar refractivity (Wildman–Crippen MR) is 78.4 cm³/mol. The van der Waals surface area contributed by atoms with E-state index in [2.05, 4.69) is 0 Å². The molecule has 0 saturated heterocycles. The van der Waals surface area contributed by atoms with Crippen LogP contribution in [0.2, 0.25) is 0 Å². The third-order valence-corrected chi connectivity index (χ3v) is 3.98. The van der Waals surface area contributed by atoms with Crippen LogP contribution in [0.5, 0.6) is 11.5 Å². The number of alkyl halides is 1. The predicted octanol–water partition coefficient (Wildman–Crippen LogP) is 3.11. The molecular formula is C15H20ClNO3. The van der Waals surface area contributed by atoms with E-state index in [-0.39, 0.29) is 29.0 Å². The van der Waals surface area contributed by atoms with Gasteiger partial charge in [-0.05, 0) is 31.0 Å². The molecule has 0 aliphatic heterocycles. The number of carbonyl (C=O) groups is 1. The van der Waals surface area contributed by atoms with E-state index >= 15 is 0 Å². The standard InChI is InChI=1S/C15H20ClNO3/c16-8-9-17(11-4-2-1-3-5-11)15(20)13-10-12(18)6-7-14(13)19/h6-7,10-11,18-19H,1-5,8-9H2. The Morgan fingerprint density at radius 1 is 1.25 bits per heavy atom. The maximum Gasteiger partial charge on any atom is 0.258 e. The number of nitrogens with zero attached hydrogens (tertiary/aromatic N) is 1. The Balaban J connectivity index is 2.23. The average molecular weight is 298 g/mol. The van der Waals surface area contributed by atoms with Gasteiger partial charge in [-0.2, -0.15) is 0 Å². The summed E-state index contributed by atoms with van der Waals surface area (Å²) in [5, 5.41) is 19.3. The monoisotopic (exact) mass is 297 g/mol. The van der Waals surface area contributed by atoms with E-state index in [1.165, 1.54) is 24.6 Å². The second-order valence-electron chi connectivity index (χ2n) is 5.18. The van der Waals surface area contributed by atoms with E-state index in [0.29, 0.717) is 12.4 Å². The molecule has 0 unspecified atom stereocenters. The fraction of sp³-hybridized carbons (Fsp3) is 0.533. The molecule has 1 aliphatic rings. The normalized spacial score (nSPS) is 16.1. The van der Waals surface area contributed by atoms with Crippen molar-refractivity contribution in [3.63, 3.8) is 0 Å².